The molecule has 23 heavy (non-hydrogen) atoms. The molecular weight excluding hydrogens is 286 g/mol. The van der Waals surface area contributed by atoms with Crippen molar-refractivity contribution < 1.29 is 4.79 Å². The van der Waals surface area contributed by atoms with E-state index in [0.29, 0.717) is 12.1 Å². The maximum Gasteiger partial charge on any atom is 0.253 e. The first-order valence-electron chi connectivity index (χ1n) is 7.41. The Bertz CT molecular complexity index is 798. The number of carbonyl (C=O) groups excluding carboxylic acids is 1. The first kappa shape index (κ1) is 14.9. The van der Waals surface area contributed by atoms with Crippen molar-refractivity contribution in [1.82, 2.24) is 15.3 Å². The smallest absolute Gasteiger partial charge is 0.253 e. The van der Waals surface area contributed by atoms with Gasteiger partial charge in [-0.1, -0.05) is 35.9 Å². The fourth-order valence-electron chi connectivity index (χ4n) is 2.26. The molecule has 0 unspecified atom stereocenters. The highest BCUT2D eigenvalue weighted by molar-refractivity contribution is 5.95. The number of benzene rings is 1. The molecule has 3 rings (SSSR count). The van der Waals surface area contributed by atoms with E-state index in [1.54, 1.807) is 24.8 Å². The van der Waals surface area contributed by atoms with Crippen LogP contribution in [0.5, 0.6) is 0 Å². The molecule has 1 amide bonds. The van der Waals surface area contributed by atoms with Crippen LogP contribution in [0.4, 0.5) is 0 Å². The van der Waals surface area contributed by atoms with E-state index in [0.717, 1.165) is 16.7 Å². The van der Waals surface area contributed by atoms with Crippen molar-refractivity contribution in [1.29, 1.82) is 0 Å². The van der Waals surface area contributed by atoms with Crippen LogP contribution < -0.4 is 5.32 Å². The molecule has 0 radical (unpaired) electrons. The Kier molecular flexibility index (Phi) is 4.43. The van der Waals surface area contributed by atoms with Crippen molar-refractivity contribution in [2.75, 3.05) is 0 Å². The lowest BCUT2D eigenvalue weighted by atomic mass is 10.0. The van der Waals surface area contributed by atoms with Gasteiger partial charge in [0, 0.05) is 36.9 Å². The Morgan fingerprint density at radius 1 is 1.00 bits per heavy atom. The summed E-state index contributed by atoms with van der Waals surface area (Å²) in [4.78, 5) is 20.5. The highest BCUT2D eigenvalue weighted by atomic mass is 16.1. The number of hydrogen-bond acceptors (Lipinski definition) is 3. The van der Waals surface area contributed by atoms with Gasteiger partial charge in [0.25, 0.3) is 5.91 Å². The third-order valence-electron chi connectivity index (χ3n) is 3.56. The highest BCUT2D eigenvalue weighted by Gasteiger charge is 2.08. The largest absolute Gasteiger partial charge is 0.348 e. The monoisotopic (exact) mass is 303 g/mol. The molecule has 0 aliphatic carbocycles. The molecule has 4 heteroatoms. The lowest BCUT2D eigenvalue weighted by Gasteiger charge is -2.07. The van der Waals surface area contributed by atoms with Gasteiger partial charge in [0.05, 0.1) is 5.56 Å². The van der Waals surface area contributed by atoms with Crippen molar-refractivity contribution in [3.05, 3.63) is 83.9 Å². The summed E-state index contributed by atoms with van der Waals surface area (Å²) in [6.45, 7) is 2.49. The summed E-state index contributed by atoms with van der Waals surface area (Å²) >= 11 is 0. The number of amides is 1. The van der Waals surface area contributed by atoms with Crippen LogP contribution in [0, 0.1) is 6.92 Å². The van der Waals surface area contributed by atoms with Gasteiger partial charge in [-0.15, -0.1) is 0 Å². The quantitative estimate of drug-likeness (QED) is 0.804. The number of nitrogens with zero attached hydrogens (tertiary/aromatic N) is 2. The molecule has 1 N–H and O–H groups in total. The van der Waals surface area contributed by atoms with Crippen molar-refractivity contribution in [3.63, 3.8) is 0 Å². The minimum Gasteiger partial charge on any atom is -0.348 e. The van der Waals surface area contributed by atoms with Crippen LogP contribution in [-0.2, 0) is 6.54 Å². The molecule has 0 saturated heterocycles. The van der Waals surface area contributed by atoms with Gasteiger partial charge in [0.1, 0.15) is 0 Å². The normalized spacial score (nSPS) is 10.3. The molecule has 0 saturated carbocycles. The third kappa shape index (κ3) is 3.80. The van der Waals surface area contributed by atoms with E-state index in [-0.39, 0.29) is 5.91 Å². The predicted octanol–water partition coefficient (Wildman–Crippen LogP) is 3.38. The Balaban J connectivity index is 1.74. The second kappa shape index (κ2) is 6.83. The van der Waals surface area contributed by atoms with Crippen LogP contribution in [-0.4, -0.2) is 15.9 Å². The summed E-state index contributed by atoms with van der Waals surface area (Å²) in [7, 11) is 0. The second-order valence-electron chi connectivity index (χ2n) is 5.37. The minimum absolute atomic E-state index is 0.143. The number of pyridine rings is 2. The molecule has 1 aromatic carbocycles. The number of carbonyl (C=O) groups is 1. The van der Waals surface area contributed by atoms with Gasteiger partial charge < -0.3 is 5.32 Å². The van der Waals surface area contributed by atoms with E-state index in [2.05, 4.69) is 15.3 Å². The van der Waals surface area contributed by atoms with Gasteiger partial charge in [-0.2, -0.15) is 0 Å². The zero-order valence-corrected chi connectivity index (χ0v) is 12.9. The van der Waals surface area contributed by atoms with Crippen LogP contribution in [0.25, 0.3) is 11.1 Å². The van der Waals surface area contributed by atoms with Gasteiger partial charge >= 0.3 is 0 Å². The zero-order valence-electron chi connectivity index (χ0n) is 12.9. The maximum absolute atomic E-state index is 12.3. The van der Waals surface area contributed by atoms with Crippen LogP contribution in [0.3, 0.4) is 0 Å². The number of aryl methyl sites for hydroxylation is 1. The van der Waals surface area contributed by atoms with E-state index in [1.165, 1.54) is 5.56 Å². The van der Waals surface area contributed by atoms with Crippen LogP contribution in [0.15, 0.2) is 67.3 Å². The van der Waals surface area contributed by atoms with Gasteiger partial charge in [0.2, 0.25) is 0 Å². The van der Waals surface area contributed by atoms with E-state index >= 15 is 0 Å². The molecule has 2 heterocycles. The van der Waals surface area contributed by atoms with E-state index in [4.69, 9.17) is 0 Å². The molecule has 0 aliphatic rings. The number of aromatic nitrogens is 2. The molecule has 0 aliphatic heterocycles. The van der Waals surface area contributed by atoms with Crippen molar-refractivity contribution in [2.24, 2.45) is 0 Å². The fourth-order valence-corrected chi connectivity index (χ4v) is 2.26. The Hall–Kier alpha value is -3.01. The summed E-state index contributed by atoms with van der Waals surface area (Å²) in [6.07, 6.45) is 6.79. The number of hydrogen-bond donors (Lipinski definition) is 1. The summed E-state index contributed by atoms with van der Waals surface area (Å²) in [5, 5.41) is 2.88. The zero-order chi connectivity index (χ0) is 16.1. The third-order valence-corrected chi connectivity index (χ3v) is 3.56. The number of rotatable bonds is 4. The van der Waals surface area contributed by atoms with Gasteiger partial charge in [-0.05, 0) is 30.2 Å². The van der Waals surface area contributed by atoms with Crippen molar-refractivity contribution in [2.45, 2.75) is 13.5 Å². The second-order valence-corrected chi connectivity index (χ2v) is 5.37. The lowest BCUT2D eigenvalue weighted by molar-refractivity contribution is 0.0950. The standard InChI is InChI=1S/C19H17N3O/c1-14-4-6-16(7-5-14)17-9-18(13-21-12-17)19(23)22-11-15-3-2-8-20-10-15/h2-10,12-13H,11H2,1H3,(H,22,23). The maximum atomic E-state index is 12.3. The average Bonchev–Trinajstić information content (AvgIpc) is 2.61. The molecule has 0 fully saturated rings. The Morgan fingerprint density at radius 3 is 2.57 bits per heavy atom. The molecule has 0 atom stereocenters. The van der Waals surface area contributed by atoms with E-state index in [9.17, 15) is 4.79 Å². The molecule has 0 bridgehead atoms. The van der Waals surface area contributed by atoms with Gasteiger partial charge in [-0.3, -0.25) is 14.8 Å². The molecule has 114 valence electrons. The van der Waals surface area contributed by atoms with E-state index < -0.39 is 0 Å². The number of nitrogens with one attached hydrogen (secondary N) is 1. The fraction of sp³-hybridized carbons (Fsp3) is 0.105. The average molecular weight is 303 g/mol. The summed E-state index contributed by atoms with van der Waals surface area (Å²) < 4.78 is 0. The van der Waals surface area contributed by atoms with Crippen molar-refractivity contribution >= 4 is 5.91 Å². The topological polar surface area (TPSA) is 54.9 Å². The molecule has 4 nitrogen and oxygen atoms in total. The summed E-state index contributed by atoms with van der Waals surface area (Å²) in [5.41, 5.74) is 4.69. The molecular formula is C19H17N3O. The Morgan fingerprint density at radius 2 is 1.83 bits per heavy atom. The first-order chi connectivity index (χ1) is 11.2. The minimum atomic E-state index is -0.143. The van der Waals surface area contributed by atoms with Crippen LogP contribution in [0.1, 0.15) is 21.5 Å². The summed E-state index contributed by atoms with van der Waals surface area (Å²) in [5.74, 6) is -0.143. The first-order valence-corrected chi connectivity index (χ1v) is 7.41. The van der Waals surface area contributed by atoms with Gasteiger partial charge in [0.15, 0.2) is 0 Å². The van der Waals surface area contributed by atoms with Crippen LogP contribution >= 0.6 is 0 Å². The Labute approximate surface area is 135 Å². The van der Waals surface area contributed by atoms with Gasteiger partial charge in [-0.25, -0.2) is 0 Å². The molecule has 3 aromatic rings. The summed E-state index contributed by atoms with van der Waals surface area (Å²) in [6, 6.07) is 13.8. The lowest BCUT2D eigenvalue weighted by Crippen LogP contribution is -2.23. The van der Waals surface area contributed by atoms with Crippen molar-refractivity contribution in [3.8, 4) is 11.1 Å². The predicted molar refractivity (Wildman–Crippen MR) is 89.8 cm³/mol. The molecule has 0 spiro atoms. The SMILES string of the molecule is Cc1ccc(-c2cncc(C(=O)NCc3cccnc3)c2)cc1. The van der Waals surface area contributed by atoms with Crippen LogP contribution in [0.2, 0.25) is 0 Å². The highest BCUT2D eigenvalue weighted by Crippen LogP contribution is 2.19. The molecule has 2 aromatic heterocycles. The van der Waals surface area contributed by atoms with E-state index in [1.807, 2.05) is 49.4 Å².